The number of carbonyl (C=O) groups is 2. The molecule has 0 aliphatic carbocycles. The summed E-state index contributed by atoms with van der Waals surface area (Å²) in [6.45, 7) is 0.104. The van der Waals surface area contributed by atoms with Gasteiger partial charge < -0.3 is 10.3 Å². The van der Waals surface area contributed by atoms with E-state index in [2.05, 4.69) is 4.99 Å². The average molecular weight is 328 g/mol. The number of thioether (sulfide) groups is 1. The predicted molar refractivity (Wildman–Crippen MR) is 92.8 cm³/mol. The van der Waals surface area contributed by atoms with Gasteiger partial charge in [-0.2, -0.15) is 0 Å². The average Bonchev–Trinajstić information content (AvgIpc) is 3.00. The largest absolute Gasteiger partial charge is 0.368 e. The Balaban J connectivity index is 2.09. The molecule has 0 bridgehead atoms. The number of primary amides is 1. The maximum absolute atomic E-state index is 12.3. The number of amides is 2. The first kappa shape index (κ1) is 15.4. The lowest BCUT2D eigenvalue weighted by Gasteiger charge is -2.04. The van der Waals surface area contributed by atoms with Gasteiger partial charge in [-0.3, -0.25) is 19.5 Å². The lowest BCUT2D eigenvalue weighted by atomic mass is 10.1. The van der Waals surface area contributed by atoms with Gasteiger partial charge in [0.15, 0.2) is 5.17 Å². The van der Waals surface area contributed by atoms with E-state index in [0.29, 0.717) is 10.1 Å². The van der Waals surface area contributed by atoms with Crippen LogP contribution in [0, 0.1) is 0 Å². The van der Waals surface area contributed by atoms with Crippen LogP contribution in [0.3, 0.4) is 0 Å². The first-order chi connectivity index (χ1) is 11.0. The zero-order chi connectivity index (χ0) is 16.6. The third-order valence-corrected chi connectivity index (χ3v) is 4.78. The lowest BCUT2D eigenvalue weighted by molar-refractivity contribution is -0.121. The van der Waals surface area contributed by atoms with Gasteiger partial charge in [-0.05, 0) is 23.9 Å². The van der Waals surface area contributed by atoms with Gasteiger partial charge in [0, 0.05) is 36.8 Å². The van der Waals surface area contributed by atoms with Crippen LogP contribution in [0.15, 0.2) is 40.4 Å². The van der Waals surface area contributed by atoms with Gasteiger partial charge in [0.25, 0.3) is 5.91 Å². The first-order valence-electron chi connectivity index (χ1n) is 7.02. The van der Waals surface area contributed by atoms with Crippen molar-refractivity contribution in [1.82, 2.24) is 9.47 Å². The molecule has 118 valence electrons. The highest BCUT2D eigenvalue weighted by Gasteiger charge is 2.30. The summed E-state index contributed by atoms with van der Waals surface area (Å²) in [5, 5.41) is 1.64. The lowest BCUT2D eigenvalue weighted by Crippen LogP contribution is -2.23. The number of benzene rings is 1. The molecule has 1 saturated heterocycles. The summed E-state index contributed by atoms with van der Waals surface area (Å²) < 4.78 is 1.80. The molecule has 0 unspecified atom stereocenters. The SMILES string of the molecule is CN=C1SC(=Cc2cn(CC(N)=O)c3ccccc23)C(=O)N1C. The van der Waals surface area contributed by atoms with Crippen LogP contribution in [0.4, 0.5) is 0 Å². The molecule has 1 fully saturated rings. The summed E-state index contributed by atoms with van der Waals surface area (Å²) in [4.78, 5) is 29.8. The van der Waals surface area contributed by atoms with Crippen molar-refractivity contribution in [3.63, 3.8) is 0 Å². The van der Waals surface area contributed by atoms with Gasteiger partial charge in [0.1, 0.15) is 6.54 Å². The van der Waals surface area contributed by atoms with Crippen LogP contribution in [0.2, 0.25) is 0 Å². The van der Waals surface area contributed by atoms with Crippen molar-refractivity contribution in [2.75, 3.05) is 14.1 Å². The Morgan fingerprint density at radius 3 is 2.78 bits per heavy atom. The molecular weight excluding hydrogens is 312 g/mol. The molecule has 23 heavy (non-hydrogen) atoms. The Bertz CT molecular complexity index is 866. The highest BCUT2D eigenvalue weighted by Crippen LogP contribution is 2.33. The molecule has 2 N–H and O–H groups in total. The minimum atomic E-state index is -0.406. The molecule has 6 nitrogen and oxygen atoms in total. The van der Waals surface area contributed by atoms with Gasteiger partial charge in [0.2, 0.25) is 5.91 Å². The first-order valence-corrected chi connectivity index (χ1v) is 7.83. The van der Waals surface area contributed by atoms with E-state index < -0.39 is 5.91 Å². The number of aliphatic imine (C=N–C) groups is 1. The molecule has 2 aromatic rings. The van der Waals surface area contributed by atoms with Crippen molar-refractivity contribution in [2.45, 2.75) is 6.54 Å². The van der Waals surface area contributed by atoms with Crippen molar-refractivity contribution in [2.24, 2.45) is 10.7 Å². The second-order valence-corrected chi connectivity index (χ2v) is 6.19. The van der Waals surface area contributed by atoms with Crippen molar-refractivity contribution >= 4 is 45.7 Å². The standard InChI is InChI=1S/C16H16N4O2S/c1-18-16-19(2)15(22)13(23-16)7-10-8-20(9-14(17)21)12-6-4-3-5-11(10)12/h3-8H,9H2,1-2H3,(H2,17,21). The summed E-state index contributed by atoms with van der Waals surface area (Å²) in [5.74, 6) is -0.487. The quantitative estimate of drug-likeness (QED) is 0.870. The Hall–Kier alpha value is -2.54. The minimum absolute atomic E-state index is 0.0812. The molecule has 0 spiro atoms. The van der Waals surface area contributed by atoms with Crippen LogP contribution < -0.4 is 5.73 Å². The van der Waals surface area contributed by atoms with Gasteiger partial charge in [-0.15, -0.1) is 0 Å². The smallest absolute Gasteiger partial charge is 0.266 e. The van der Waals surface area contributed by atoms with Crippen molar-refractivity contribution in [1.29, 1.82) is 0 Å². The zero-order valence-corrected chi connectivity index (χ0v) is 13.6. The number of nitrogens with two attached hydrogens (primary N) is 1. The fourth-order valence-corrected chi connectivity index (χ4v) is 3.50. The second kappa shape index (κ2) is 5.92. The molecule has 2 heterocycles. The monoisotopic (exact) mass is 328 g/mol. The van der Waals surface area contributed by atoms with Crippen molar-refractivity contribution in [3.05, 3.63) is 40.9 Å². The molecule has 0 saturated carbocycles. The Morgan fingerprint density at radius 1 is 1.39 bits per heavy atom. The third kappa shape index (κ3) is 2.75. The molecule has 1 aliphatic rings. The van der Waals surface area contributed by atoms with E-state index >= 15 is 0 Å². The highest BCUT2D eigenvalue weighted by atomic mass is 32.2. The fourth-order valence-electron chi connectivity index (χ4n) is 2.58. The van der Waals surface area contributed by atoms with E-state index in [1.165, 1.54) is 16.7 Å². The molecule has 1 aromatic heterocycles. The fraction of sp³-hybridized carbons (Fsp3) is 0.188. The number of rotatable bonds is 3. The van der Waals surface area contributed by atoms with E-state index in [4.69, 9.17) is 5.73 Å². The predicted octanol–water partition coefficient (Wildman–Crippen LogP) is 1.66. The number of hydrogen-bond acceptors (Lipinski definition) is 4. The Labute approximate surface area is 137 Å². The van der Waals surface area contributed by atoms with Crippen LogP contribution in [0.1, 0.15) is 5.56 Å². The van der Waals surface area contributed by atoms with Gasteiger partial charge in [-0.25, -0.2) is 0 Å². The van der Waals surface area contributed by atoms with Crippen LogP contribution in [-0.4, -0.2) is 40.5 Å². The molecule has 7 heteroatoms. The number of carbonyl (C=O) groups excluding carboxylic acids is 2. The summed E-state index contributed by atoms with van der Waals surface area (Å²) in [5.41, 5.74) is 7.10. The molecule has 1 aromatic carbocycles. The molecule has 0 atom stereocenters. The molecular formula is C16H16N4O2S. The second-order valence-electron chi connectivity index (χ2n) is 5.18. The third-order valence-electron chi connectivity index (χ3n) is 3.63. The van der Waals surface area contributed by atoms with E-state index in [1.54, 1.807) is 18.7 Å². The summed E-state index contributed by atoms with van der Waals surface area (Å²) in [6, 6.07) is 7.71. The van der Waals surface area contributed by atoms with E-state index in [-0.39, 0.29) is 12.5 Å². The van der Waals surface area contributed by atoms with Crippen LogP contribution in [0.5, 0.6) is 0 Å². The number of fused-ring (bicyclic) bond motifs is 1. The van der Waals surface area contributed by atoms with E-state index in [1.807, 2.05) is 36.5 Å². The van der Waals surface area contributed by atoms with Gasteiger partial charge in [-0.1, -0.05) is 18.2 Å². The van der Waals surface area contributed by atoms with E-state index in [0.717, 1.165) is 16.5 Å². The van der Waals surface area contributed by atoms with E-state index in [9.17, 15) is 9.59 Å². The number of amidine groups is 1. The normalized spacial score (nSPS) is 18.5. The maximum atomic E-state index is 12.3. The minimum Gasteiger partial charge on any atom is -0.368 e. The number of aromatic nitrogens is 1. The van der Waals surface area contributed by atoms with Crippen LogP contribution >= 0.6 is 11.8 Å². The highest BCUT2D eigenvalue weighted by molar-refractivity contribution is 8.18. The molecule has 1 aliphatic heterocycles. The Kier molecular flexibility index (Phi) is 3.96. The Morgan fingerprint density at radius 2 is 2.13 bits per heavy atom. The molecule has 0 radical (unpaired) electrons. The summed E-state index contributed by atoms with van der Waals surface area (Å²) >= 11 is 1.34. The number of nitrogens with zero attached hydrogens (tertiary/aromatic N) is 3. The van der Waals surface area contributed by atoms with Crippen LogP contribution in [-0.2, 0) is 16.1 Å². The van der Waals surface area contributed by atoms with Gasteiger partial charge >= 0.3 is 0 Å². The molecule has 3 rings (SSSR count). The van der Waals surface area contributed by atoms with Gasteiger partial charge in [0.05, 0.1) is 4.91 Å². The number of hydrogen-bond donors (Lipinski definition) is 1. The summed E-state index contributed by atoms with van der Waals surface area (Å²) in [6.07, 6.45) is 3.68. The topological polar surface area (TPSA) is 80.7 Å². The van der Waals surface area contributed by atoms with Crippen LogP contribution in [0.25, 0.3) is 17.0 Å². The van der Waals surface area contributed by atoms with Crippen molar-refractivity contribution in [3.8, 4) is 0 Å². The van der Waals surface area contributed by atoms with Crippen molar-refractivity contribution < 1.29 is 9.59 Å². The summed E-state index contributed by atoms with van der Waals surface area (Å²) in [7, 11) is 3.36. The number of para-hydroxylation sites is 1. The maximum Gasteiger partial charge on any atom is 0.266 e. The molecule has 2 amide bonds. The zero-order valence-electron chi connectivity index (χ0n) is 12.8. The number of likely N-dealkylation sites (N-methyl/N-ethyl adjacent to an activating group) is 1.